The molecule has 0 spiro atoms. The Morgan fingerprint density at radius 1 is 0.968 bits per heavy atom. The quantitative estimate of drug-likeness (QED) is 0.330. The molecule has 0 unspecified atom stereocenters. The van der Waals surface area contributed by atoms with E-state index in [1.807, 2.05) is 73.0 Å². The lowest BCUT2D eigenvalue weighted by atomic mass is 10.1. The van der Waals surface area contributed by atoms with Gasteiger partial charge < -0.3 is 0 Å². The molecule has 0 radical (unpaired) electrons. The highest BCUT2D eigenvalue weighted by Crippen LogP contribution is 2.30. The van der Waals surface area contributed by atoms with Gasteiger partial charge in [-0.25, -0.2) is 9.97 Å². The van der Waals surface area contributed by atoms with Gasteiger partial charge in [-0.05, 0) is 6.92 Å². The van der Waals surface area contributed by atoms with E-state index in [9.17, 15) is 4.79 Å². The molecule has 0 saturated heterocycles. The van der Waals surface area contributed by atoms with E-state index >= 15 is 0 Å². The molecule has 1 N–H and O–H groups in total. The van der Waals surface area contributed by atoms with E-state index in [2.05, 4.69) is 25.3 Å². The number of azo groups is 1. The first-order valence-corrected chi connectivity index (χ1v) is 11.1. The molecule has 0 saturated carbocycles. The van der Waals surface area contributed by atoms with Crippen LogP contribution in [0.4, 0.5) is 10.8 Å². The van der Waals surface area contributed by atoms with Crippen LogP contribution in [0.1, 0.15) is 4.88 Å². The number of benzene rings is 2. The lowest BCUT2D eigenvalue weighted by molar-refractivity contribution is 0.843. The number of aromatic amines is 1. The predicted molar refractivity (Wildman–Crippen MR) is 124 cm³/mol. The van der Waals surface area contributed by atoms with Gasteiger partial charge in [0.25, 0.3) is 0 Å². The Labute approximate surface area is 185 Å². The van der Waals surface area contributed by atoms with Gasteiger partial charge in [0.2, 0.25) is 10.3 Å². The average Bonchev–Trinajstić information content (AvgIpc) is 3.53. The smallest absolute Gasteiger partial charge is 0.286 e. The van der Waals surface area contributed by atoms with Crippen molar-refractivity contribution in [3.8, 4) is 27.6 Å². The van der Waals surface area contributed by atoms with Crippen molar-refractivity contribution in [3.63, 3.8) is 0 Å². The van der Waals surface area contributed by atoms with Crippen LogP contribution in [0.15, 0.2) is 87.3 Å². The molecule has 0 fully saturated rings. The molecule has 0 aliphatic carbocycles. The summed E-state index contributed by atoms with van der Waals surface area (Å²) in [5, 5.41) is 14.6. The van der Waals surface area contributed by atoms with Crippen molar-refractivity contribution in [2.75, 3.05) is 0 Å². The van der Waals surface area contributed by atoms with Crippen molar-refractivity contribution in [2.24, 2.45) is 10.2 Å². The van der Waals surface area contributed by atoms with E-state index in [0.29, 0.717) is 16.0 Å². The Bertz CT molecular complexity index is 1410. The second kappa shape index (κ2) is 8.21. The Balaban J connectivity index is 1.61. The number of rotatable bonds is 5. The second-order valence-electron chi connectivity index (χ2n) is 6.68. The monoisotopic (exact) mass is 444 g/mol. The highest BCUT2D eigenvalue weighted by atomic mass is 32.1. The third-order valence-corrected chi connectivity index (χ3v) is 6.15. The van der Waals surface area contributed by atoms with Crippen molar-refractivity contribution in [2.45, 2.75) is 6.92 Å². The van der Waals surface area contributed by atoms with Gasteiger partial charge in [-0.3, -0.25) is 9.89 Å². The zero-order valence-electron chi connectivity index (χ0n) is 16.4. The minimum Gasteiger partial charge on any atom is -0.286 e. The van der Waals surface area contributed by atoms with Gasteiger partial charge in [0.15, 0.2) is 5.69 Å². The summed E-state index contributed by atoms with van der Waals surface area (Å²) in [6.07, 6.45) is 1.73. The topological polar surface area (TPSA) is 88.3 Å². The van der Waals surface area contributed by atoms with Gasteiger partial charge in [0, 0.05) is 27.6 Å². The molecule has 5 rings (SSSR count). The lowest BCUT2D eigenvalue weighted by Crippen LogP contribution is -2.13. The number of H-pyrrole nitrogens is 1. The fourth-order valence-electron chi connectivity index (χ4n) is 3.05. The first-order valence-electron chi connectivity index (χ1n) is 9.45. The zero-order chi connectivity index (χ0) is 21.2. The molecule has 5 aromatic rings. The van der Waals surface area contributed by atoms with Gasteiger partial charge in [0.05, 0.1) is 11.4 Å². The number of thiazole rings is 2. The molecule has 7 nitrogen and oxygen atoms in total. The Kier molecular flexibility index (Phi) is 5.11. The number of nitrogens with one attached hydrogen (secondary N) is 1. The molecule has 0 atom stereocenters. The van der Waals surface area contributed by atoms with Crippen LogP contribution in [-0.2, 0) is 0 Å². The SMILES string of the molecule is Cc1cnc(N=Nc2c(-c3ccccc3)[nH]n(-c3nc(-c4ccccc4)cs3)c2=O)s1. The molecule has 3 heterocycles. The summed E-state index contributed by atoms with van der Waals surface area (Å²) in [4.78, 5) is 23.1. The molecular formula is C22H16N6OS2. The number of nitrogens with zero attached hydrogens (tertiary/aromatic N) is 5. The van der Waals surface area contributed by atoms with E-state index in [-0.39, 0.29) is 11.2 Å². The molecule has 2 aromatic carbocycles. The van der Waals surface area contributed by atoms with Crippen molar-refractivity contribution in [3.05, 3.63) is 87.5 Å². The summed E-state index contributed by atoms with van der Waals surface area (Å²) < 4.78 is 1.42. The summed E-state index contributed by atoms with van der Waals surface area (Å²) in [5.74, 6) is 0. The van der Waals surface area contributed by atoms with E-state index in [1.54, 1.807) is 6.20 Å². The second-order valence-corrected chi connectivity index (χ2v) is 8.73. The van der Waals surface area contributed by atoms with Crippen LogP contribution in [0.25, 0.3) is 27.6 Å². The zero-order valence-corrected chi connectivity index (χ0v) is 18.0. The number of aromatic nitrogens is 4. The highest BCUT2D eigenvalue weighted by molar-refractivity contribution is 7.15. The number of aryl methyl sites for hydroxylation is 1. The summed E-state index contributed by atoms with van der Waals surface area (Å²) in [6.45, 7) is 1.95. The van der Waals surface area contributed by atoms with Gasteiger partial charge >= 0.3 is 5.56 Å². The predicted octanol–water partition coefficient (Wildman–Crippen LogP) is 6.14. The van der Waals surface area contributed by atoms with Gasteiger partial charge in [-0.1, -0.05) is 72.0 Å². The van der Waals surface area contributed by atoms with E-state index in [4.69, 9.17) is 0 Å². The van der Waals surface area contributed by atoms with Crippen LogP contribution in [-0.4, -0.2) is 19.7 Å². The first kappa shape index (κ1) is 19.3. The molecule has 0 amide bonds. The molecule has 9 heteroatoms. The third-order valence-electron chi connectivity index (χ3n) is 4.53. The van der Waals surface area contributed by atoms with Crippen LogP contribution in [0.3, 0.4) is 0 Å². The minimum absolute atomic E-state index is 0.218. The molecule has 0 aliphatic rings. The normalized spacial score (nSPS) is 11.4. The van der Waals surface area contributed by atoms with E-state index < -0.39 is 0 Å². The Morgan fingerprint density at radius 3 is 2.35 bits per heavy atom. The highest BCUT2D eigenvalue weighted by Gasteiger charge is 2.19. The number of hydrogen-bond acceptors (Lipinski definition) is 7. The van der Waals surface area contributed by atoms with Gasteiger partial charge in [-0.2, -0.15) is 4.68 Å². The summed E-state index contributed by atoms with van der Waals surface area (Å²) >= 11 is 2.80. The summed E-state index contributed by atoms with van der Waals surface area (Å²) in [6, 6.07) is 19.4. The maximum absolute atomic E-state index is 13.3. The summed E-state index contributed by atoms with van der Waals surface area (Å²) in [7, 11) is 0. The Morgan fingerprint density at radius 2 is 1.68 bits per heavy atom. The molecule has 3 aromatic heterocycles. The molecule has 0 aliphatic heterocycles. The van der Waals surface area contributed by atoms with Crippen LogP contribution in [0.2, 0.25) is 0 Å². The molecule has 152 valence electrons. The average molecular weight is 445 g/mol. The maximum atomic E-state index is 13.3. The molecule has 31 heavy (non-hydrogen) atoms. The Hall–Kier alpha value is -3.69. The van der Waals surface area contributed by atoms with Gasteiger partial charge in [0.1, 0.15) is 0 Å². The number of hydrogen-bond donors (Lipinski definition) is 1. The fourth-order valence-corrected chi connectivity index (χ4v) is 4.42. The maximum Gasteiger partial charge on any atom is 0.301 e. The first-order chi connectivity index (χ1) is 15.2. The minimum atomic E-state index is -0.315. The van der Waals surface area contributed by atoms with Crippen LogP contribution in [0.5, 0.6) is 0 Å². The van der Waals surface area contributed by atoms with Crippen molar-refractivity contribution < 1.29 is 0 Å². The van der Waals surface area contributed by atoms with Crippen LogP contribution >= 0.6 is 22.7 Å². The van der Waals surface area contributed by atoms with E-state index in [0.717, 1.165) is 21.7 Å². The molecule has 0 bridgehead atoms. The summed E-state index contributed by atoms with van der Waals surface area (Å²) in [5.41, 5.74) is 3.12. The largest absolute Gasteiger partial charge is 0.301 e. The third kappa shape index (κ3) is 3.88. The van der Waals surface area contributed by atoms with Crippen LogP contribution in [0, 0.1) is 6.92 Å². The van der Waals surface area contributed by atoms with Crippen molar-refractivity contribution in [1.82, 2.24) is 19.7 Å². The van der Waals surface area contributed by atoms with Crippen molar-refractivity contribution in [1.29, 1.82) is 0 Å². The fraction of sp³-hybridized carbons (Fsp3) is 0.0455. The molecular weight excluding hydrogens is 428 g/mol. The van der Waals surface area contributed by atoms with Gasteiger partial charge in [-0.15, -0.1) is 21.6 Å². The lowest BCUT2D eigenvalue weighted by Gasteiger charge is -1.98. The van der Waals surface area contributed by atoms with Crippen molar-refractivity contribution >= 4 is 33.5 Å². The standard InChI is InChI=1S/C22H16N6OS2/c1-14-12-23-21(31-14)26-25-19-18(16-10-6-3-7-11-16)27-28(20(19)29)22-24-17(13-30-22)15-8-4-2-5-9-15/h2-13,27H,1H3. The van der Waals surface area contributed by atoms with E-state index in [1.165, 1.54) is 27.4 Å². The van der Waals surface area contributed by atoms with Crippen LogP contribution < -0.4 is 5.56 Å².